The maximum absolute atomic E-state index is 14.0. The van der Waals surface area contributed by atoms with E-state index < -0.39 is 5.92 Å². The van der Waals surface area contributed by atoms with E-state index in [1.807, 2.05) is 75.4 Å². The van der Waals surface area contributed by atoms with Crippen molar-refractivity contribution in [2.45, 2.75) is 60.1 Å². The molecule has 0 aliphatic carbocycles. The standard InChI is InChI=1S/C34H38F2N2O/c1-8-27(28-15-12-16-29(19-28)34(7,35)36)20-32(23(2)3)38-25(6)31-18-17-30(21-33(31)37-24(4)5)39-22-26-13-10-9-11-14-26/h8-21,24,37H,1,22H2,2-7H3/b27-20+,38-25?. The molecule has 0 unspecified atom stereocenters. The Labute approximate surface area is 231 Å². The molecule has 3 aromatic rings. The van der Waals surface area contributed by atoms with E-state index >= 15 is 0 Å². The second-order valence-electron chi connectivity index (χ2n) is 10.1. The van der Waals surface area contributed by atoms with Gasteiger partial charge >= 0.3 is 0 Å². The SMILES string of the molecule is C=C/C(=C\C(N=C(C)c1ccc(OCc2ccccc2)cc1NC(C)C)=C(C)C)c1cccc(C(C)(F)F)c1. The molecule has 3 rings (SSSR count). The molecule has 0 aromatic heterocycles. The van der Waals surface area contributed by atoms with Crippen LogP contribution in [0, 0.1) is 0 Å². The maximum atomic E-state index is 14.0. The van der Waals surface area contributed by atoms with E-state index in [0.717, 1.165) is 52.0 Å². The number of hydrogen-bond acceptors (Lipinski definition) is 3. The molecule has 0 atom stereocenters. The Kier molecular flexibility index (Phi) is 10.00. The molecular weight excluding hydrogens is 490 g/mol. The number of aliphatic imine (C=N–C) groups is 1. The lowest BCUT2D eigenvalue weighted by Crippen LogP contribution is -2.13. The molecular formula is C34H38F2N2O. The number of rotatable bonds is 11. The van der Waals surface area contributed by atoms with Crippen LogP contribution in [0.5, 0.6) is 5.75 Å². The van der Waals surface area contributed by atoms with Crippen molar-refractivity contribution in [3.05, 3.63) is 125 Å². The quantitative estimate of drug-likeness (QED) is 0.199. The van der Waals surface area contributed by atoms with Crippen molar-refractivity contribution in [2.75, 3.05) is 5.32 Å². The first-order chi connectivity index (χ1) is 18.5. The van der Waals surface area contributed by atoms with E-state index in [1.54, 1.807) is 18.2 Å². The van der Waals surface area contributed by atoms with Gasteiger partial charge in [-0.15, -0.1) is 0 Å². The second kappa shape index (κ2) is 13.2. The Morgan fingerprint density at radius 3 is 2.33 bits per heavy atom. The van der Waals surface area contributed by atoms with Gasteiger partial charge in [-0.25, -0.2) is 8.78 Å². The zero-order valence-electron chi connectivity index (χ0n) is 23.7. The van der Waals surface area contributed by atoms with Crippen LogP contribution in [0.15, 0.2) is 108 Å². The molecule has 3 aromatic carbocycles. The van der Waals surface area contributed by atoms with Crippen molar-refractivity contribution >= 4 is 17.0 Å². The monoisotopic (exact) mass is 528 g/mol. The van der Waals surface area contributed by atoms with Crippen LogP contribution in [-0.4, -0.2) is 11.8 Å². The number of nitrogens with zero attached hydrogens (tertiary/aromatic N) is 1. The summed E-state index contributed by atoms with van der Waals surface area (Å²) in [5.74, 6) is -2.16. The van der Waals surface area contributed by atoms with Gasteiger partial charge in [-0.3, -0.25) is 4.99 Å². The molecule has 1 N–H and O–H groups in total. The molecule has 0 radical (unpaired) electrons. The molecule has 0 fully saturated rings. The summed E-state index contributed by atoms with van der Waals surface area (Å²) >= 11 is 0. The first-order valence-electron chi connectivity index (χ1n) is 13.1. The van der Waals surface area contributed by atoms with Crippen LogP contribution in [0.2, 0.25) is 0 Å². The Balaban J connectivity index is 1.96. The third-order valence-corrected chi connectivity index (χ3v) is 6.09. The molecule has 3 nitrogen and oxygen atoms in total. The Hall–Kier alpha value is -3.99. The van der Waals surface area contributed by atoms with E-state index in [4.69, 9.17) is 9.73 Å². The minimum atomic E-state index is -2.92. The summed E-state index contributed by atoms with van der Waals surface area (Å²) < 4.78 is 34.0. The predicted octanol–water partition coefficient (Wildman–Crippen LogP) is 9.57. The zero-order valence-corrected chi connectivity index (χ0v) is 23.7. The van der Waals surface area contributed by atoms with Gasteiger partial charge in [-0.2, -0.15) is 0 Å². The highest BCUT2D eigenvalue weighted by atomic mass is 19.3. The number of nitrogens with one attached hydrogen (secondary N) is 1. The highest BCUT2D eigenvalue weighted by molar-refractivity contribution is 6.04. The molecule has 0 saturated heterocycles. The minimum absolute atomic E-state index is 0.0369. The summed E-state index contributed by atoms with van der Waals surface area (Å²) in [4.78, 5) is 4.97. The average Bonchev–Trinajstić information content (AvgIpc) is 2.89. The maximum Gasteiger partial charge on any atom is 0.270 e. The van der Waals surface area contributed by atoms with E-state index in [1.165, 1.54) is 12.1 Å². The van der Waals surface area contributed by atoms with Crippen LogP contribution < -0.4 is 10.1 Å². The molecule has 0 saturated carbocycles. The van der Waals surface area contributed by atoms with Crippen molar-refractivity contribution in [1.82, 2.24) is 0 Å². The molecule has 39 heavy (non-hydrogen) atoms. The third kappa shape index (κ3) is 8.51. The number of halogens is 2. The number of allylic oxidation sites excluding steroid dienone is 4. The predicted molar refractivity (Wildman–Crippen MR) is 161 cm³/mol. The zero-order chi connectivity index (χ0) is 28.6. The summed E-state index contributed by atoms with van der Waals surface area (Å²) in [5.41, 5.74) is 6.89. The van der Waals surface area contributed by atoms with Crippen molar-refractivity contribution in [1.29, 1.82) is 0 Å². The van der Waals surface area contributed by atoms with Crippen molar-refractivity contribution in [2.24, 2.45) is 4.99 Å². The average molecular weight is 529 g/mol. The van der Waals surface area contributed by atoms with Crippen LogP contribution in [0.25, 0.3) is 5.57 Å². The highest BCUT2D eigenvalue weighted by Crippen LogP contribution is 2.31. The molecule has 0 bridgehead atoms. The Morgan fingerprint density at radius 1 is 1.00 bits per heavy atom. The van der Waals surface area contributed by atoms with Gasteiger partial charge in [-0.05, 0) is 75.6 Å². The lowest BCUT2D eigenvalue weighted by molar-refractivity contribution is 0.0174. The molecule has 0 aliphatic heterocycles. The molecule has 0 heterocycles. The second-order valence-corrected chi connectivity index (χ2v) is 10.1. The van der Waals surface area contributed by atoms with Gasteiger partial charge in [-0.1, -0.05) is 66.8 Å². The third-order valence-electron chi connectivity index (χ3n) is 6.09. The minimum Gasteiger partial charge on any atom is -0.489 e. The van der Waals surface area contributed by atoms with Crippen LogP contribution in [-0.2, 0) is 12.5 Å². The number of anilines is 1. The van der Waals surface area contributed by atoms with Crippen molar-refractivity contribution in [3.8, 4) is 5.75 Å². The van der Waals surface area contributed by atoms with Gasteiger partial charge in [0.1, 0.15) is 12.4 Å². The first-order valence-corrected chi connectivity index (χ1v) is 13.1. The van der Waals surface area contributed by atoms with Gasteiger partial charge in [0.2, 0.25) is 0 Å². The van der Waals surface area contributed by atoms with Crippen LogP contribution in [0.1, 0.15) is 63.8 Å². The Morgan fingerprint density at radius 2 is 1.72 bits per heavy atom. The van der Waals surface area contributed by atoms with Gasteiger partial charge in [0.25, 0.3) is 5.92 Å². The number of ether oxygens (including phenoxy) is 1. The summed E-state index contributed by atoms with van der Waals surface area (Å²) in [6.07, 6.45) is 3.57. The topological polar surface area (TPSA) is 33.6 Å². The summed E-state index contributed by atoms with van der Waals surface area (Å²) in [6.45, 7) is 15.4. The van der Waals surface area contributed by atoms with Crippen LogP contribution in [0.4, 0.5) is 14.5 Å². The normalized spacial score (nSPS) is 12.3. The number of benzene rings is 3. The fourth-order valence-electron chi connectivity index (χ4n) is 4.01. The van der Waals surface area contributed by atoms with E-state index in [0.29, 0.717) is 12.2 Å². The van der Waals surface area contributed by atoms with Crippen LogP contribution in [0.3, 0.4) is 0 Å². The van der Waals surface area contributed by atoms with E-state index in [9.17, 15) is 8.78 Å². The fraction of sp³-hybridized carbons (Fsp3) is 0.265. The fourth-order valence-corrected chi connectivity index (χ4v) is 4.01. The summed E-state index contributed by atoms with van der Waals surface area (Å²) in [5, 5.41) is 3.51. The van der Waals surface area contributed by atoms with Crippen molar-refractivity contribution in [3.63, 3.8) is 0 Å². The number of hydrogen-bond donors (Lipinski definition) is 1. The van der Waals surface area contributed by atoms with Gasteiger partial charge in [0.05, 0.1) is 5.70 Å². The van der Waals surface area contributed by atoms with E-state index in [2.05, 4.69) is 25.7 Å². The molecule has 0 spiro atoms. The summed E-state index contributed by atoms with van der Waals surface area (Å²) in [6, 6.07) is 22.6. The largest absolute Gasteiger partial charge is 0.489 e. The molecule has 0 aliphatic rings. The van der Waals surface area contributed by atoms with Crippen molar-refractivity contribution < 1.29 is 13.5 Å². The van der Waals surface area contributed by atoms with E-state index in [-0.39, 0.29) is 11.6 Å². The van der Waals surface area contributed by atoms with Gasteiger partial charge in [0.15, 0.2) is 0 Å². The van der Waals surface area contributed by atoms with Gasteiger partial charge < -0.3 is 10.1 Å². The molecule has 0 amide bonds. The molecule has 5 heteroatoms. The van der Waals surface area contributed by atoms with Crippen LogP contribution >= 0.6 is 0 Å². The lowest BCUT2D eigenvalue weighted by Gasteiger charge is -2.17. The number of alkyl halides is 2. The molecule has 204 valence electrons. The highest BCUT2D eigenvalue weighted by Gasteiger charge is 2.24. The van der Waals surface area contributed by atoms with Gasteiger partial charge in [0, 0.05) is 41.6 Å². The smallest absolute Gasteiger partial charge is 0.270 e. The summed E-state index contributed by atoms with van der Waals surface area (Å²) in [7, 11) is 0. The Bertz CT molecular complexity index is 1380. The lowest BCUT2D eigenvalue weighted by atomic mass is 9.99. The first kappa shape index (κ1) is 29.6.